The number of carbonyl (C=O) groups excluding carboxylic acids is 1. The lowest BCUT2D eigenvalue weighted by Crippen LogP contribution is -2.37. The normalized spacial score (nSPS) is 26.3. The summed E-state index contributed by atoms with van der Waals surface area (Å²) in [6.07, 6.45) is -1.20. The number of alkyl halides is 3. The third kappa shape index (κ3) is 2.11. The molecule has 7 heteroatoms. The lowest BCUT2D eigenvalue weighted by Gasteiger charge is -2.25. The molecule has 0 saturated heterocycles. The molecule has 2 aliphatic rings. The highest BCUT2D eigenvalue weighted by Gasteiger charge is 2.41. The Hall–Kier alpha value is -2.18. The van der Waals surface area contributed by atoms with E-state index in [1.54, 1.807) is 0 Å². The standard InChI is InChI=1S/C12H8F3NO3/c1-11(10(18)19)5-4-6-7(12(13,14)15)2-3-8(17)9(6)16-11/h2-5H,1H3,(H,18,19). The number of carboxylic acid groups (broad SMARTS) is 1. The van der Waals surface area contributed by atoms with Crippen molar-refractivity contribution in [3.05, 3.63) is 35.5 Å². The van der Waals surface area contributed by atoms with Gasteiger partial charge in [0, 0.05) is 5.57 Å². The van der Waals surface area contributed by atoms with Gasteiger partial charge in [-0.25, -0.2) is 4.79 Å². The third-order valence-corrected chi connectivity index (χ3v) is 2.84. The third-order valence-electron chi connectivity index (χ3n) is 2.84. The maximum absolute atomic E-state index is 12.8. The molecule has 4 nitrogen and oxygen atoms in total. The number of dihydropyridines is 1. The predicted molar refractivity (Wildman–Crippen MR) is 59.8 cm³/mol. The van der Waals surface area contributed by atoms with E-state index >= 15 is 0 Å². The summed E-state index contributed by atoms with van der Waals surface area (Å²) in [5, 5.41) is 8.97. The first-order chi connectivity index (χ1) is 8.65. The van der Waals surface area contributed by atoms with Gasteiger partial charge in [0.2, 0.25) is 5.78 Å². The van der Waals surface area contributed by atoms with Gasteiger partial charge in [-0.2, -0.15) is 13.2 Å². The van der Waals surface area contributed by atoms with Crippen LogP contribution in [0.1, 0.15) is 6.92 Å². The topological polar surface area (TPSA) is 66.7 Å². The van der Waals surface area contributed by atoms with Crippen LogP contribution >= 0.6 is 0 Å². The van der Waals surface area contributed by atoms with Crippen LogP contribution < -0.4 is 0 Å². The average Bonchev–Trinajstić information content (AvgIpc) is 2.28. The number of halogens is 3. The molecular formula is C12H8F3NO3. The predicted octanol–water partition coefficient (Wildman–Crippen LogP) is 1.84. The molecule has 1 aliphatic carbocycles. The van der Waals surface area contributed by atoms with Crippen molar-refractivity contribution in [1.82, 2.24) is 0 Å². The second-order valence-corrected chi connectivity index (χ2v) is 4.27. The number of fused-ring (bicyclic) bond motifs is 1. The number of ketones is 1. The van der Waals surface area contributed by atoms with Gasteiger partial charge in [0.25, 0.3) is 0 Å². The van der Waals surface area contributed by atoms with Gasteiger partial charge in [0.15, 0.2) is 5.54 Å². The largest absolute Gasteiger partial charge is 0.479 e. The zero-order valence-corrected chi connectivity index (χ0v) is 9.65. The van der Waals surface area contributed by atoms with Crippen molar-refractivity contribution in [1.29, 1.82) is 0 Å². The van der Waals surface area contributed by atoms with Crippen LogP contribution in [0, 0.1) is 0 Å². The molecule has 19 heavy (non-hydrogen) atoms. The van der Waals surface area contributed by atoms with Crippen LogP contribution in [0.3, 0.4) is 0 Å². The molecule has 0 fully saturated rings. The van der Waals surface area contributed by atoms with Crippen LogP contribution in [0.15, 0.2) is 40.4 Å². The highest BCUT2D eigenvalue weighted by molar-refractivity contribution is 6.52. The van der Waals surface area contributed by atoms with Crippen LogP contribution in [-0.4, -0.2) is 34.3 Å². The number of hydrogen-bond donors (Lipinski definition) is 1. The summed E-state index contributed by atoms with van der Waals surface area (Å²) in [5.74, 6) is -2.08. The molecular weight excluding hydrogens is 263 g/mol. The Kier molecular flexibility index (Phi) is 2.73. The van der Waals surface area contributed by atoms with E-state index in [2.05, 4.69) is 4.99 Å². The summed E-state index contributed by atoms with van der Waals surface area (Å²) in [7, 11) is 0. The maximum atomic E-state index is 12.8. The molecule has 1 N–H and O–H groups in total. The quantitative estimate of drug-likeness (QED) is 0.740. The Labute approximate surface area is 105 Å². The van der Waals surface area contributed by atoms with Crippen LogP contribution in [0.2, 0.25) is 0 Å². The lowest BCUT2D eigenvalue weighted by molar-refractivity contribution is -0.140. The first-order valence-corrected chi connectivity index (χ1v) is 5.22. The van der Waals surface area contributed by atoms with E-state index in [9.17, 15) is 22.8 Å². The van der Waals surface area contributed by atoms with E-state index in [4.69, 9.17) is 5.11 Å². The minimum atomic E-state index is -4.63. The van der Waals surface area contributed by atoms with E-state index in [0.717, 1.165) is 18.2 Å². The minimum Gasteiger partial charge on any atom is -0.479 e. The lowest BCUT2D eigenvalue weighted by atomic mass is 9.87. The number of carboxylic acids is 1. The van der Waals surface area contributed by atoms with E-state index in [1.807, 2.05) is 0 Å². The van der Waals surface area contributed by atoms with Crippen LogP contribution in [0.5, 0.6) is 0 Å². The second kappa shape index (κ2) is 3.91. The molecule has 0 amide bonds. The van der Waals surface area contributed by atoms with Crippen molar-refractivity contribution in [2.45, 2.75) is 18.6 Å². The number of aliphatic carboxylic acids is 1. The number of carbonyl (C=O) groups is 2. The van der Waals surface area contributed by atoms with Crippen molar-refractivity contribution < 1.29 is 27.9 Å². The average molecular weight is 271 g/mol. The minimum absolute atomic E-state index is 0.390. The molecule has 0 aromatic carbocycles. The van der Waals surface area contributed by atoms with E-state index in [1.165, 1.54) is 6.92 Å². The monoisotopic (exact) mass is 271 g/mol. The fraction of sp³-hybridized carbons (Fsp3) is 0.250. The summed E-state index contributed by atoms with van der Waals surface area (Å²) in [6, 6.07) is 0. The Morgan fingerprint density at radius 2 is 1.95 bits per heavy atom. The first-order valence-electron chi connectivity index (χ1n) is 5.22. The maximum Gasteiger partial charge on any atom is 0.417 e. The van der Waals surface area contributed by atoms with Gasteiger partial charge < -0.3 is 5.11 Å². The van der Waals surface area contributed by atoms with Gasteiger partial charge in [0.05, 0.1) is 5.57 Å². The fourth-order valence-corrected chi connectivity index (χ4v) is 1.75. The van der Waals surface area contributed by atoms with Crippen molar-refractivity contribution in [2.75, 3.05) is 0 Å². The number of aliphatic imine (C=N–C) groups is 1. The molecule has 1 atom stereocenters. The molecule has 0 bridgehead atoms. The molecule has 0 aromatic rings. The first kappa shape index (κ1) is 13.3. The highest BCUT2D eigenvalue weighted by atomic mass is 19.4. The summed E-state index contributed by atoms with van der Waals surface area (Å²) >= 11 is 0. The summed E-state index contributed by atoms with van der Waals surface area (Å²) < 4.78 is 38.3. The van der Waals surface area contributed by atoms with Gasteiger partial charge in [0.1, 0.15) is 5.71 Å². The van der Waals surface area contributed by atoms with Gasteiger partial charge in [-0.05, 0) is 25.2 Å². The number of nitrogens with zero attached hydrogens (tertiary/aromatic N) is 1. The van der Waals surface area contributed by atoms with E-state index < -0.39 is 40.3 Å². The Morgan fingerprint density at radius 1 is 1.32 bits per heavy atom. The molecule has 0 radical (unpaired) electrons. The Bertz CT molecular complexity index is 596. The molecule has 2 rings (SSSR count). The zero-order valence-electron chi connectivity index (χ0n) is 9.65. The van der Waals surface area contributed by atoms with Crippen LogP contribution in [0.25, 0.3) is 0 Å². The van der Waals surface area contributed by atoms with Gasteiger partial charge in [-0.1, -0.05) is 6.08 Å². The van der Waals surface area contributed by atoms with E-state index in [-0.39, 0.29) is 0 Å². The second-order valence-electron chi connectivity index (χ2n) is 4.27. The highest BCUT2D eigenvalue weighted by Crippen LogP contribution is 2.35. The van der Waals surface area contributed by atoms with Crippen molar-refractivity contribution in [3.63, 3.8) is 0 Å². The van der Waals surface area contributed by atoms with E-state index in [0.29, 0.717) is 6.08 Å². The summed E-state index contributed by atoms with van der Waals surface area (Å²) in [6.45, 7) is 1.20. The molecule has 100 valence electrons. The molecule has 1 heterocycles. The molecule has 0 saturated carbocycles. The molecule has 1 unspecified atom stereocenters. The van der Waals surface area contributed by atoms with Crippen LogP contribution in [-0.2, 0) is 9.59 Å². The SMILES string of the molecule is CC1(C(=O)O)C=CC2=C(C(F)(F)F)C=CC(=O)C2=N1. The molecule has 0 aromatic heterocycles. The van der Waals surface area contributed by atoms with Crippen molar-refractivity contribution in [2.24, 2.45) is 4.99 Å². The van der Waals surface area contributed by atoms with Crippen molar-refractivity contribution in [3.8, 4) is 0 Å². The van der Waals surface area contributed by atoms with Gasteiger partial charge in [-0.3, -0.25) is 9.79 Å². The Morgan fingerprint density at radius 3 is 2.47 bits per heavy atom. The smallest absolute Gasteiger partial charge is 0.417 e. The summed E-state index contributed by atoms with van der Waals surface area (Å²) in [4.78, 5) is 26.2. The van der Waals surface area contributed by atoms with Gasteiger partial charge in [-0.15, -0.1) is 0 Å². The number of rotatable bonds is 1. The Balaban J connectivity index is 2.63. The van der Waals surface area contributed by atoms with Gasteiger partial charge >= 0.3 is 12.1 Å². The number of allylic oxidation sites excluding steroid dienone is 5. The summed E-state index contributed by atoms with van der Waals surface area (Å²) in [5.41, 5.74) is -3.59. The fourth-order valence-electron chi connectivity index (χ4n) is 1.75. The van der Waals surface area contributed by atoms with Crippen molar-refractivity contribution >= 4 is 17.5 Å². The molecule has 1 aliphatic heterocycles. The zero-order chi connectivity index (χ0) is 14.4. The molecule has 0 spiro atoms. The number of hydrogen-bond acceptors (Lipinski definition) is 3. The van der Waals surface area contributed by atoms with Crippen LogP contribution in [0.4, 0.5) is 13.2 Å².